The van der Waals surface area contributed by atoms with Gasteiger partial charge in [-0.3, -0.25) is 4.98 Å². The fourth-order valence-corrected chi connectivity index (χ4v) is 3.44. The highest BCUT2D eigenvalue weighted by Crippen LogP contribution is 2.43. The molecule has 1 heterocycles. The van der Waals surface area contributed by atoms with Crippen molar-refractivity contribution < 1.29 is 9.50 Å². The van der Waals surface area contributed by atoms with Crippen LogP contribution in [0.2, 0.25) is 10.0 Å². The molecular formula is C21H15Cl2FN2O. The number of hydrogen-bond acceptors (Lipinski definition) is 3. The van der Waals surface area contributed by atoms with Crippen LogP contribution < -0.4 is 4.90 Å². The Hall–Kier alpha value is -2.82. The van der Waals surface area contributed by atoms with Crippen molar-refractivity contribution in [3.8, 4) is 11.1 Å². The number of aliphatic hydroxyl groups excluding tert-OH is 1. The molecule has 0 fully saturated rings. The van der Waals surface area contributed by atoms with Crippen molar-refractivity contribution in [1.29, 1.82) is 0 Å². The van der Waals surface area contributed by atoms with Gasteiger partial charge in [0, 0.05) is 24.2 Å². The predicted molar refractivity (Wildman–Crippen MR) is 110 cm³/mol. The zero-order valence-corrected chi connectivity index (χ0v) is 15.7. The number of hydrogen-bond donors (Lipinski definition) is 1. The van der Waals surface area contributed by atoms with Crippen LogP contribution in [0.3, 0.4) is 0 Å². The molecule has 1 N–H and O–H groups in total. The molecule has 136 valence electrons. The van der Waals surface area contributed by atoms with Crippen LogP contribution in [-0.2, 0) is 0 Å². The number of rotatable bonds is 5. The van der Waals surface area contributed by atoms with Crippen LogP contribution in [0.25, 0.3) is 16.9 Å². The lowest BCUT2D eigenvalue weighted by molar-refractivity contribution is 0.512. The van der Waals surface area contributed by atoms with E-state index in [9.17, 15) is 9.50 Å². The average Bonchev–Trinajstić information content (AvgIpc) is 2.65. The molecule has 3 rings (SSSR count). The minimum atomic E-state index is -0.502. The van der Waals surface area contributed by atoms with E-state index in [1.165, 1.54) is 24.4 Å². The van der Waals surface area contributed by atoms with Gasteiger partial charge in [0.1, 0.15) is 11.6 Å². The lowest BCUT2D eigenvalue weighted by Gasteiger charge is -2.25. The summed E-state index contributed by atoms with van der Waals surface area (Å²) in [5.41, 5.74) is 2.85. The lowest BCUT2D eigenvalue weighted by Crippen LogP contribution is -2.11. The first-order valence-electron chi connectivity index (χ1n) is 7.91. The van der Waals surface area contributed by atoms with Gasteiger partial charge >= 0.3 is 0 Å². The Labute approximate surface area is 166 Å². The molecule has 0 saturated carbocycles. The topological polar surface area (TPSA) is 36.4 Å². The van der Waals surface area contributed by atoms with Crippen LogP contribution in [0.15, 0.2) is 74.2 Å². The molecule has 0 atom stereocenters. The SMILES string of the molecule is C=CN(c1ccc(F)cc1C(=C)O)c1c(Cl)cc(-c2ccncc2)cc1Cl. The first-order chi connectivity index (χ1) is 12.9. The first kappa shape index (κ1) is 19.0. The molecule has 3 aromatic rings. The third kappa shape index (κ3) is 3.82. The van der Waals surface area contributed by atoms with Gasteiger partial charge in [-0.25, -0.2) is 4.39 Å². The quantitative estimate of drug-likeness (QED) is 0.468. The molecule has 0 spiro atoms. The fourth-order valence-electron chi connectivity index (χ4n) is 2.77. The Morgan fingerprint density at radius 3 is 2.22 bits per heavy atom. The van der Waals surface area contributed by atoms with Gasteiger partial charge in [0.25, 0.3) is 0 Å². The maximum Gasteiger partial charge on any atom is 0.124 e. The fraction of sp³-hybridized carbons (Fsp3) is 0. The third-order valence-electron chi connectivity index (χ3n) is 3.98. The maximum absolute atomic E-state index is 13.6. The molecule has 0 amide bonds. The number of halogens is 3. The second kappa shape index (κ2) is 7.82. The minimum absolute atomic E-state index is 0.209. The summed E-state index contributed by atoms with van der Waals surface area (Å²) in [5.74, 6) is -0.782. The summed E-state index contributed by atoms with van der Waals surface area (Å²) in [6.07, 6.45) is 4.84. The van der Waals surface area contributed by atoms with Crippen LogP contribution in [-0.4, -0.2) is 10.1 Å². The molecule has 0 aliphatic heterocycles. The Kier molecular flexibility index (Phi) is 5.49. The Morgan fingerprint density at radius 2 is 1.67 bits per heavy atom. The summed E-state index contributed by atoms with van der Waals surface area (Å²) in [4.78, 5) is 5.58. The number of aliphatic hydroxyl groups is 1. The molecule has 6 heteroatoms. The minimum Gasteiger partial charge on any atom is -0.508 e. The van der Waals surface area contributed by atoms with Crippen LogP contribution in [0.4, 0.5) is 15.8 Å². The van der Waals surface area contributed by atoms with Crippen molar-refractivity contribution in [3.63, 3.8) is 0 Å². The molecule has 0 unspecified atom stereocenters. The van der Waals surface area contributed by atoms with E-state index in [-0.39, 0.29) is 11.3 Å². The standard InChI is InChI=1S/C21H15Cl2FN2O/c1-3-26(20-5-4-16(24)12-17(20)13(2)27)21-18(22)10-15(11-19(21)23)14-6-8-25-9-7-14/h3-12,27H,1-2H2. The van der Waals surface area contributed by atoms with Crippen LogP contribution in [0.1, 0.15) is 5.56 Å². The van der Waals surface area contributed by atoms with Gasteiger partial charge in [0.15, 0.2) is 0 Å². The average molecular weight is 401 g/mol. The normalized spacial score (nSPS) is 10.5. The lowest BCUT2D eigenvalue weighted by atomic mass is 10.1. The number of anilines is 2. The molecule has 0 bridgehead atoms. The van der Waals surface area contributed by atoms with Crippen LogP contribution in [0, 0.1) is 5.82 Å². The van der Waals surface area contributed by atoms with Gasteiger partial charge < -0.3 is 10.0 Å². The van der Waals surface area contributed by atoms with Gasteiger partial charge in [0.05, 0.1) is 21.4 Å². The molecule has 0 aliphatic rings. The van der Waals surface area contributed by atoms with E-state index in [2.05, 4.69) is 18.1 Å². The van der Waals surface area contributed by atoms with Crippen LogP contribution >= 0.6 is 23.2 Å². The van der Waals surface area contributed by atoms with Crippen LogP contribution in [0.5, 0.6) is 0 Å². The molecule has 1 aromatic heterocycles. The van der Waals surface area contributed by atoms with Gasteiger partial charge in [-0.05, 0) is 53.6 Å². The van der Waals surface area contributed by atoms with Crippen molar-refractivity contribution in [2.45, 2.75) is 0 Å². The van der Waals surface area contributed by atoms with Gasteiger partial charge in [-0.15, -0.1) is 0 Å². The Morgan fingerprint density at radius 1 is 1.04 bits per heavy atom. The van der Waals surface area contributed by atoms with E-state index < -0.39 is 5.82 Å². The van der Waals surface area contributed by atoms with Crippen molar-refractivity contribution in [2.24, 2.45) is 0 Å². The molecule has 0 saturated heterocycles. The second-order valence-corrected chi connectivity index (χ2v) is 6.50. The summed E-state index contributed by atoms with van der Waals surface area (Å²) in [6.45, 7) is 7.29. The first-order valence-corrected chi connectivity index (χ1v) is 8.67. The molecule has 2 aromatic carbocycles. The molecule has 27 heavy (non-hydrogen) atoms. The van der Waals surface area contributed by atoms with Crippen molar-refractivity contribution >= 4 is 40.3 Å². The summed E-state index contributed by atoms with van der Waals surface area (Å²) >= 11 is 13.0. The molecular weight excluding hydrogens is 386 g/mol. The maximum atomic E-state index is 13.6. The summed E-state index contributed by atoms with van der Waals surface area (Å²) in [5, 5.41) is 10.6. The summed E-state index contributed by atoms with van der Waals surface area (Å²) < 4.78 is 13.6. The monoisotopic (exact) mass is 400 g/mol. The number of benzene rings is 2. The number of nitrogens with zero attached hydrogens (tertiary/aromatic N) is 2. The molecule has 0 aliphatic carbocycles. The van der Waals surface area contributed by atoms with Crippen molar-refractivity contribution in [1.82, 2.24) is 4.98 Å². The second-order valence-electron chi connectivity index (χ2n) is 5.69. The highest BCUT2D eigenvalue weighted by atomic mass is 35.5. The van der Waals surface area contributed by atoms with E-state index in [4.69, 9.17) is 23.2 Å². The highest BCUT2D eigenvalue weighted by Gasteiger charge is 2.20. The molecule has 0 radical (unpaired) electrons. The Balaban J connectivity index is 2.15. The third-order valence-corrected chi connectivity index (χ3v) is 4.56. The van der Waals surface area contributed by atoms with E-state index >= 15 is 0 Å². The largest absolute Gasteiger partial charge is 0.508 e. The van der Waals surface area contributed by atoms with E-state index in [1.807, 2.05) is 12.1 Å². The van der Waals surface area contributed by atoms with Gasteiger partial charge in [-0.2, -0.15) is 0 Å². The zero-order chi connectivity index (χ0) is 19.6. The van der Waals surface area contributed by atoms with Gasteiger partial charge in [-0.1, -0.05) is 36.4 Å². The Bertz CT molecular complexity index is 999. The highest BCUT2D eigenvalue weighted by molar-refractivity contribution is 6.40. The zero-order valence-electron chi connectivity index (χ0n) is 14.2. The smallest absolute Gasteiger partial charge is 0.124 e. The van der Waals surface area contributed by atoms with Gasteiger partial charge in [0.2, 0.25) is 0 Å². The van der Waals surface area contributed by atoms with E-state index in [0.29, 0.717) is 21.4 Å². The number of aromatic nitrogens is 1. The molecule has 3 nitrogen and oxygen atoms in total. The summed E-state index contributed by atoms with van der Waals surface area (Å²) in [6, 6.07) is 11.2. The van der Waals surface area contributed by atoms with E-state index in [1.54, 1.807) is 29.4 Å². The van der Waals surface area contributed by atoms with Crippen molar-refractivity contribution in [3.05, 3.63) is 95.6 Å². The van der Waals surface area contributed by atoms with Crippen molar-refractivity contribution in [2.75, 3.05) is 4.90 Å². The number of pyridine rings is 1. The van der Waals surface area contributed by atoms with E-state index in [0.717, 1.165) is 11.1 Å². The predicted octanol–water partition coefficient (Wildman–Crippen LogP) is 7.00. The summed E-state index contributed by atoms with van der Waals surface area (Å²) in [7, 11) is 0.